The molecule has 8 heteroatoms. The van der Waals surface area contributed by atoms with Gasteiger partial charge < -0.3 is 10.2 Å². The van der Waals surface area contributed by atoms with Crippen molar-refractivity contribution in [2.24, 2.45) is 0 Å². The van der Waals surface area contributed by atoms with Crippen LogP contribution in [0.15, 0.2) is 41.3 Å². The second-order valence-corrected chi connectivity index (χ2v) is 9.64. The molecule has 3 rings (SSSR count). The summed E-state index contributed by atoms with van der Waals surface area (Å²) < 4.78 is 41.3. The Balaban J connectivity index is 1.92. The van der Waals surface area contributed by atoms with Crippen LogP contribution in [0.4, 0.5) is 15.8 Å². The van der Waals surface area contributed by atoms with Crippen molar-refractivity contribution in [3.8, 4) is 0 Å². The molecule has 31 heavy (non-hydrogen) atoms. The van der Waals surface area contributed by atoms with Crippen LogP contribution < -0.4 is 10.2 Å². The summed E-state index contributed by atoms with van der Waals surface area (Å²) >= 11 is 0. The number of anilines is 2. The second kappa shape index (κ2) is 9.78. The highest BCUT2D eigenvalue weighted by molar-refractivity contribution is 7.89. The molecular formula is C23H30FN3O3S. The first-order valence-corrected chi connectivity index (χ1v) is 12.2. The number of nitrogens with one attached hydrogen (secondary N) is 1. The molecule has 1 heterocycles. The predicted molar refractivity (Wildman–Crippen MR) is 122 cm³/mol. The minimum absolute atomic E-state index is 0.111. The van der Waals surface area contributed by atoms with Crippen molar-refractivity contribution < 1.29 is 17.6 Å². The number of piperidine rings is 1. The van der Waals surface area contributed by atoms with Gasteiger partial charge in [-0.15, -0.1) is 0 Å². The van der Waals surface area contributed by atoms with E-state index in [0.29, 0.717) is 24.3 Å². The third-order valence-corrected chi connectivity index (χ3v) is 7.87. The lowest BCUT2D eigenvalue weighted by molar-refractivity contribution is 0.102. The van der Waals surface area contributed by atoms with Gasteiger partial charge in [0, 0.05) is 31.7 Å². The molecule has 0 atom stereocenters. The predicted octanol–water partition coefficient (Wildman–Crippen LogP) is 4.41. The van der Waals surface area contributed by atoms with E-state index < -0.39 is 21.7 Å². The summed E-state index contributed by atoms with van der Waals surface area (Å²) in [7, 11) is -3.71. The molecular weight excluding hydrogens is 417 g/mol. The van der Waals surface area contributed by atoms with Crippen molar-refractivity contribution >= 4 is 27.3 Å². The van der Waals surface area contributed by atoms with Gasteiger partial charge >= 0.3 is 0 Å². The van der Waals surface area contributed by atoms with Gasteiger partial charge in [0.05, 0.1) is 16.3 Å². The highest BCUT2D eigenvalue weighted by atomic mass is 32.2. The maximum atomic E-state index is 14.0. The Kier molecular flexibility index (Phi) is 7.33. The van der Waals surface area contributed by atoms with Crippen LogP contribution in [-0.2, 0) is 10.0 Å². The number of hydrogen-bond acceptors (Lipinski definition) is 4. The van der Waals surface area contributed by atoms with Crippen LogP contribution in [0.3, 0.4) is 0 Å². The monoisotopic (exact) mass is 447 g/mol. The topological polar surface area (TPSA) is 69.7 Å². The minimum atomic E-state index is -3.71. The standard InChI is InChI=1S/C23H30FN3O3S/c1-4-27(5-2)31(29,30)22-15-18(10-9-17(22)3)23(28)25-20-16-19(24)11-12-21(20)26-13-7-6-8-14-26/h9-12,15-16H,4-8,13-14H2,1-3H3,(H,25,28). The Morgan fingerprint density at radius 2 is 1.74 bits per heavy atom. The number of sulfonamides is 1. The first kappa shape index (κ1) is 23.2. The molecule has 0 aromatic heterocycles. The van der Waals surface area contributed by atoms with Gasteiger partial charge in [0.2, 0.25) is 10.0 Å². The Bertz CT molecular complexity index is 1050. The third-order valence-electron chi connectivity index (χ3n) is 5.68. The average molecular weight is 448 g/mol. The molecule has 6 nitrogen and oxygen atoms in total. The summed E-state index contributed by atoms with van der Waals surface area (Å²) in [4.78, 5) is 15.3. The van der Waals surface area contributed by atoms with E-state index in [2.05, 4.69) is 10.2 Å². The Hall–Kier alpha value is -2.45. The lowest BCUT2D eigenvalue weighted by Gasteiger charge is -2.30. The molecule has 0 bridgehead atoms. The summed E-state index contributed by atoms with van der Waals surface area (Å²) in [6.45, 7) is 7.65. The summed E-state index contributed by atoms with van der Waals surface area (Å²) in [5.74, 6) is -0.912. The minimum Gasteiger partial charge on any atom is -0.370 e. The van der Waals surface area contributed by atoms with E-state index in [4.69, 9.17) is 0 Å². The zero-order valence-corrected chi connectivity index (χ0v) is 19.1. The SMILES string of the molecule is CCN(CC)S(=O)(=O)c1cc(C(=O)Nc2cc(F)ccc2N2CCCCC2)ccc1C. The second-order valence-electron chi connectivity index (χ2n) is 7.73. The number of nitrogens with zero attached hydrogens (tertiary/aromatic N) is 2. The zero-order chi connectivity index (χ0) is 22.6. The summed E-state index contributed by atoms with van der Waals surface area (Å²) in [5, 5.41) is 2.79. The number of halogens is 1. The molecule has 1 fully saturated rings. The van der Waals surface area contributed by atoms with Crippen molar-refractivity contribution in [1.82, 2.24) is 4.31 Å². The average Bonchev–Trinajstić information content (AvgIpc) is 2.75. The first-order chi connectivity index (χ1) is 14.8. The van der Waals surface area contributed by atoms with Crippen LogP contribution in [-0.4, -0.2) is 44.8 Å². The molecule has 2 aromatic carbocycles. The number of hydrogen-bond donors (Lipinski definition) is 1. The van der Waals surface area contributed by atoms with Crippen LogP contribution >= 0.6 is 0 Å². The molecule has 168 valence electrons. The van der Waals surface area contributed by atoms with Crippen molar-refractivity contribution in [2.75, 3.05) is 36.4 Å². The van der Waals surface area contributed by atoms with Crippen LogP contribution in [0.1, 0.15) is 49.0 Å². The highest BCUT2D eigenvalue weighted by Gasteiger charge is 2.25. The largest absolute Gasteiger partial charge is 0.370 e. The van der Waals surface area contributed by atoms with E-state index in [1.54, 1.807) is 39.0 Å². The molecule has 0 unspecified atom stereocenters. The highest BCUT2D eigenvalue weighted by Crippen LogP contribution is 2.30. The fraction of sp³-hybridized carbons (Fsp3) is 0.435. The third kappa shape index (κ3) is 5.07. The zero-order valence-electron chi connectivity index (χ0n) is 18.3. The van der Waals surface area contributed by atoms with Gasteiger partial charge in [0.25, 0.3) is 5.91 Å². The summed E-state index contributed by atoms with van der Waals surface area (Å²) in [5.41, 5.74) is 1.95. The summed E-state index contributed by atoms with van der Waals surface area (Å²) in [6, 6.07) is 9.00. The first-order valence-electron chi connectivity index (χ1n) is 10.7. The number of rotatable bonds is 7. The van der Waals surface area contributed by atoms with E-state index in [-0.39, 0.29) is 10.5 Å². The van der Waals surface area contributed by atoms with Gasteiger partial charge in [-0.25, -0.2) is 12.8 Å². The van der Waals surface area contributed by atoms with E-state index >= 15 is 0 Å². The van der Waals surface area contributed by atoms with Crippen molar-refractivity contribution in [3.63, 3.8) is 0 Å². The number of benzene rings is 2. The molecule has 0 saturated carbocycles. The lowest BCUT2D eigenvalue weighted by Crippen LogP contribution is -2.31. The van der Waals surface area contributed by atoms with Crippen LogP contribution in [0, 0.1) is 12.7 Å². The van der Waals surface area contributed by atoms with Gasteiger partial charge in [0.15, 0.2) is 0 Å². The number of carbonyl (C=O) groups is 1. The molecule has 1 amide bonds. The fourth-order valence-electron chi connectivity index (χ4n) is 3.94. The molecule has 1 N–H and O–H groups in total. The van der Waals surface area contributed by atoms with Gasteiger partial charge in [-0.05, 0) is 62.1 Å². The van der Waals surface area contributed by atoms with Crippen LogP contribution in [0.25, 0.3) is 0 Å². The number of amides is 1. The Morgan fingerprint density at radius 3 is 2.39 bits per heavy atom. The van der Waals surface area contributed by atoms with E-state index in [9.17, 15) is 17.6 Å². The lowest BCUT2D eigenvalue weighted by atomic mass is 10.1. The Labute approximate surface area is 184 Å². The maximum Gasteiger partial charge on any atom is 0.255 e. The van der Waals surface area contributed by atoms with Gasteiger partial charge in [0.1, 0.15) is 5.82 Å². The molecule has 1 aliphatic rings. The quantitative estimate of drug-likeness (QED) is 0.683. The molecule has 2 aromatic rings. The van der Waals surface area contributed by atoms with E-state index in [0.717, 1.165) is 38.0 Å². The molecule has 0 radical (unpaired) electrons. The van der Waals surface area contributed by atoms with Crippen LogP contribution in [0.2, 0.25) is 0 Å². The van der Waals surface area contributed by atoms with Gasteiger partial charge in [-0.2, -0.15) is 4.31 Å². The smallest absolute Gasteiger partial charge is 0.255 e. The fourth-order valence-corrected chi connectivity index (χ4v) is 5.64. The van der Waals surface area contributed by atoms with Crippen molar-refractivity contribution in [2.45, 2.75) is 44.9 Å². The molecule has 0 aliphatic carbocycles. The van der Waals surface area contributed by atoms with E-state index in [1.165, 1.54) is 22.5 Å². The van der Waals surface area contributed by atoms with Crippen molar-refractivity contribution in [3.05, 3.63) is 53.3 Å². The molecule has 1 aliphatic heterocycles. The Morgan fingerprint density at radius 1 is 1.06 bits per heavy atom. The number of carbonyl (C=O) groups excluding carboxylic acids is 1. The molecule has 1 saturated heterocycles. The van der Waals surface area contributed by atoms with Gasteiger partial charge in [-0.1, -0.05) is 19.9 Å². The number of aryl methyl sites for hydroxylation is 1. The normalized spacial score (nSPS) is 14.7. The van der Waals surface area contributed by atoms with E-state index in [1.807, 2.05) is 0 Å². The summed E-state index contributed by atoms with van der Waals surface area (Å²) in [6.07, 6.45) is 3.26. The van der Waals surface area contributed by atoms with Gasteiger partial charge in [-0.3, -0.25) is 4.79 Å². The van der Waals surface area contributed by atoms with Crippen molar-refractivity contribution in [1.29, 1.82) is 0 Å². The maximum absolute atomic E-state index is 14.0. The van der Waals surface area contributed by atoms with Crippen LogP contribution in [0.5, 0.6) is 0 Å². The molecule has 0 spiro atoms.